The maximum atomic E-state index is 13.8. The summed E-state index contributed by atoms with van der Waals surface area (Å²) in [5.74, 6) is -0.266. The second kappa shape index (κ2) is 11.1. The zero-order chi connectivity index (χ0) is 25.9. The standard InChI is InChI=1S/C28H23Cl2FN2O3S/c29-19-5-8-22(24(30)15-19)28-23-10-13-37-25(23)9-11-33(28)27(35)17-32(16-21-2-1-12-36-21)26(34)14-18-3-6-20(31)7-4-18/h1-8,10,12-13,15,28H,9,11,14,16-17H2/t28-/m1/s1. The van der Waals surface area contributed by atoms with Crippen molar-refractivity contribution in [2.45, 2.75) is 25.4 Å². The van der Waals surface area contributed by atoms with Gasteiger partial charge in [0.2, 0.25) is 11.8 Å². The number of amides is 2. The third-order valence-corrected chi connectivity index (χ3v) is 7.98. The van der Waals surface area contributed by atoms with Crippen molar-refractivity contribution in [3.05, 3.63) is 115 Å². The zero-order valence-corrected chi connectivity index (χ0v) is 22.0. The summed E-state index contributed by atoms with van der Waals surface area (Å²) < 4.78 is 18.8. The monoisotopic (exact) mass is 556 g/mol. The fourth-order valence-electron chi connectivity index (χ4n) is 4.61. The van der Waals surface area contributed by atoms with Crippen LogP contribution in [0.1, 0.15) is 33.4 Å². The molecule has 1 aliphatic heterocycles. The van der Waals surface area contributed by atoms with Gasteiger partial charge in [-0.2, -0.15) is 0 Å². The third kappa shape index (κ3) is 5.74. The van der Waals surface area contributed by atoms with Crippen molar-refractivity contribution in [2.75, 3.05) is 13.1 Å². The van der Waals surface area contributed by atoms with Crippen molar-refractivity contribution in [3.63, 3.8) is 0 Å². The molecule has 0 unspecified atom stereocenters. The van der Waals surface area contributed by atoms with Gasteiger partial charge in [-0.1, -0.05) is 41.4 Å². The number of thiophene rings is 1. The quantitative estimate of drug-likeness (QED) is 0.260. The molecular weight excluding hydrogens is 534 g/mol. The van der Waals surface area contributed by atoms with Gasteiger partial charge in [0.15, 0.2) is 0 Å². The molecule has 0 bridgehead atoms. The van der Waals surface area contributed by atoms with Gasteiger partial charge in [0.25, 0.3) is 0 Å². The van der Waals surface area contributed by atoms with Crippen LogP contribution in [0.25, 0.3) is 0 Å². The zero-order valence-electron chi connectivity index (χ0n) is 19.7. The summed E-state index contributed by atoms with van der Waals surface area (Å²) in [6.45, 7) is 0.501. The molecule has 0 radical (unpaired) electrons. The van der Waals surface area contributed by atoms with Crippen LogP contribution in [0, 0.1) is 5.82 Å². The number of benzene rings is 2. The molecule has 0 saturated heterocycles. The van der Waals surface area contributed by atoms with E-state index in [1.54, 1.807) is 52.6 Å². The van der Waals surface area contributed by atoms with E-state index in [2.05, 4.69) is 0 Å². The summed E-state index contributed by atoms with van der Waals surface area (Å²) in [5.41, 5.74) is 2.48. The summed E-state index contributed by atoms with van der Waals surface area (Å²) in [6, 6.07) is 16.2. The van der Waals surface area contributed by atoms with E-state index in [9.17, 15) is 14.0 Å². The first-order valence-electron chi connectivity index (χ1n) is 11.7. The largest absolute Gasteiger partial charge is 0.467 e. The lowest BCUT2D eigenvalue weighted by atomic mass is 9.93. The van der Waals surface area contributed by atoms with Crippen molar-refractivity contribution >= 4 is 46.4 Å². The van der Waals surface area contributed by atoms with Crippen LogP contribution >= 0.6 is 34.5 Å². The summed E-state index contributed by atoms with van der Waals surface area (Å²) >= 11 is 14.4. The van der Waals surface area contributed by atoms with Gasteiger partial charge in [0, 0.05) is 21.5 Å². The van der Waals surface area contributed by atoms with E-state index in [-0.39, 0.29) is 43.2 Å². The highest BCUT2D eigenvalue weighted by atomic mass is 35.5. The average Bonchev–Trinajstić information content (AvgIpc) is 3.57. The molecule has 2 aromatic heterocycles. The van der Waals surface area contributed by atoms with E-state index in [0.717, 1.165) is 17.5 Å². The Morgan fingerprint density at radius 3 is 2.62 bits per heavy atom. The SMILES string of the molecule is O=C(Cc1ccc(F)cc1)N(CC(=O)N1CCc2sccc2[C@H]1c1ccc(Cl)cc1Cl)Cc1ccco1. The van der Waals surface area contributed by atoms with Crippen molar-refractivity contribution < 1.29 is 18.4 Å². The predicted molar refractivity (Wildman–Crippen MR) is 142 cm³/mol. The molecule has 0 N–H and O–H groups in total. The van der Waals surface area contributed by atoms with Crippen LogP contribution in [0.2, 0.25) is 10.0 Å². The van der Waals surface area contributed by atoms with Gasteiger partial charge in [-0.3, -0.25) is 9.59 Å². The normalized spacial score (nSPS) is 14.9. The lowest BCUT2D eigenvalue weighted by Crippen LogP contribution is -2.46. The highest BCUT2D eigenvalue weighted by molar-refractivity contribution is 7.10. The Kier molecular flexibility index (Phi) is 7.65. The molecule has 1 aliphatic rings. The molecule has 2 amide bonds. The Hall–Kier alpha value is -3.13. The Labute approximate surface area is 228 Å². The lowest BCUT2D eigenvalue weighted by Gasteiger charge is -2.38. The minimum atomic E-state index is -0.384. The molecular formula is C28H23Cl2FN2O3S. The predicted octanol–water partition coefficient (Wildman–Crippen LogP) is 6.53. The van der Waals surface area contributed by atoms with Crippen molar-refractivity contribution in [2.24, 2.45) is 0 Å². The Bertz CT molecular complexity index is 1410. The fourth-order valence-corrected chi connectivity index (χ4v) is 6.03. The first-order chi connectivity index (χ1) is 17.9. The number of nitrogens with zero attached hydrogens (tertiary/aromatic N) is 2. The summed E-state index contributed by atoms with van der Waals surface area (Å²) in [6.07, 6.45) is 2.29. The third-order valence-electron chi connectivity index (χ3n) is 6.42. The smallest absolute Gasteiger partial charge is 0.243 e. The Balaban J connectivity index is 1.42. The highest BCUT2D eigenvalue weighted by Crippen LogP contribution is 2.41. The molecule has 5 nitrogen and oxygen atoms in total. The lowest BCUT2D eigenvalue weighted by molar-refractivity contribution is -0.142. The van der Waals surface area contributed by atoms with Crippen LogP contribution in [-0.2, 0) is 29.0 Å². The van der Waals surface area contributed by atoms with E-state index >= 15 is 0 Å². The van der Waals surface area contributed by atoms with Crippen LogP contribution in [0.5, 0.6) is 0 Å². The first kappa shape index (κ1) is 25.5. The molecule has 3 heterocycles. The maximum absolute atomic E-state index is 13.8. The first-order valence-corrected chi connectivity index (χ1v) is 13.4. The number of rotatable bonds is 7. The van der Waals surface area contributed by atoms with E-state index in [1.165, 1.54) is 28.2 Å². The number of halogens is 3. The number of carbonyl (C=O) groups is 2. The minimum Gasteiger partial charge on any atom is -0.467 e. The number of furan rings is 1. The molecule has 37 heavy (non-hydrogen) atoms. The highest BCUT2D eigenvalue weighted by Gasteiger charge is 2.35. The number of hydrogen-bond donors (Lipinski definition) is 0. The van der Waals surface area contributed by atoms with Crippen LogP contribution in [0.4, 0.5) is 4.39 Å². The van der Waals surface area contributed by atoms with Gasteiger partial charge in [-0.05, 0) is 71.0 Å². The summed E-state index contributed by atoms with van der Waals surface area (Å²) in [7, 11) is 0. The van der Waals surface area contributed by atoms with Crippen molar-refractivity contribution in [1.82, 2.24) is 9.80 Å². The second-order valence-corrected chi connectivity index (χ2v) is 10.7. The van der Waals surface area contributed by atoms with Crippen molar-refractivity contribution in [1.29, 1.82) is 0 Å². The molecule has 5 rings (SSSR count). The van der Waals surface area contributed by atoms with Gasteiger partial charge < -0.3 is 14.2 Å². The molecule has 0 spiro atoms. The van der Waals surface area contributed by atoms with Crippen LogP contribution in [-0.4, -0.2) is 34.7 Å². The Morgan fingerprint density at radius 2 is 1.89 bits per heavy atom. The van der Waals surface area contributed by atoms with Crippen LogP contribution in [0.15, 0.2) is 76.7 Å². The van der Waals surface area contributed by atoms with E-state index < -0.39 is 0 Å². The summed E-state index contributed by atoms with van der Waals surface area (Å²) in [4.78, 5) is 31.6. The molecule has 0 saturated carbocycles. The average molecular weight is 557 g/mol. The molecule has 190 valence electrons. The minimum absolute atomic E-state index is 0.0371. The Morgan fingerprint density at radius 1 is 1.08 bits per heavy atom. The number of fused-ring (bicyclic) bond motifs is 1. The summed E-state index contributed by atoms with van der Waals surface area (Å²) in [5, 5.41) is 3.02. The molecule has 9 heteroatoms. The molecule has 2 aromatic carbocycles. The number of carbonyl (C=O) groups excluding carboxylic acids is 2. The van der Waals surface area contributed by atoms with Gasteiger partial charge in [0.05, 0.1) is 25.3 Å². The second-order valence-electron chi connectivity index (χ2n) is 8.84. The molecule has 4 aromatic rings. The van der Waals surface area contributed by atoms with Crippen LogP contribution < -0.4 is 0 Å². The molecule has 1 atom stereocenters. The van der Waals surface area contributed by atoms with E-state index in [1.807, 2.05) is 17.5 Å². The fraction of sp³-hybridized carbons (Fsp3) is 0.214. The topological polar surface area (TPSA) is 53.8 Å². The van der Waals surface area contributed by atoms with Gasteiger partial charge in [0.1, 0.15) is 18.1 Å². The van der Waals surface area contributed by atoms with E-state index in [0.29, 0.717) is 27.9 Å². The van der Waals surface area contributed by atoms with Crippen molar-refractivity contribution in [3.8, 4) is 0 Å². The molecule has 0 fully saturated rings. The number of hydrogen-bond acceptors (Lipinski definition) is 4. The van der Waals surface area contributed by atoms with E-state index in [4.69, 9.17) is 27.6 Å². The van der Waals surface area contributed by atoms with Gasteiger partial charge >= 0.3 is 0 Å². The van der Waals surface area contributed by atoms with Gasteiger partial charge in [-0.25, -0.2) is 4.39 Å². The van der Waals surface area contributed by atoms with Crippen LogP contribution in [0.3, 0.4) is 0 Å². The molecule has 0 aliphatic carbocycles. The maximum Gasteiger partial charge on any atom is 0.243 e. The van der Waals surface area contributed by atoms with Gasteiger partial charge in [-0.15, -0.1) is 11.3 Å².